The van der Waals surface area contributed by atoms with Crippen LogP contribution in [0.15, 0.2) is 0 Å². The molecule has 0 bridgehead atoms. The zero-order valence-electron chi connectivity index (χ0n) is 5.84. The molecule has 9 heavy (non-hydrogen) atoms. The number of aliphatic hydroxyl groups excluding tert-OH is 1. The van der Waals surface area contributed by atoms with Crippen LogP contribution >= 0.6 is 0 Å². The van der Waals surface area contributed by atoms with Crippen LogP contribution in [0.3, 0.4) is 0 Å². The van der Waals surface area contributed by atoms with Gasteiger partial charge in [0.15, 0.2) is 0 Å². The van der Waals surface area contributed by atoms with Gasteiger partial charge in [0.05, 0.1) is 12.7 Å². The number of hydrogen-bond donors (Lipinski definition) is 1. The summed E-state index contributed by atoms with van der Waals surface area (Å²) < 4.78 is 5.12. The van der Waals surface area contributed by atoms with Crippen LogP contribution in [-0.2, 0) is 4.74 Å². The molecule has 1 heterocycles. The summed E-state index contributed by atoms with van der Waals surface area (Å²) >= 11 is 0. The van der Waals surface area contributed by atoms with E-state index in [1.807, 2.05) is 6.92 Å². The molecular weight excluding hydrogens is 116 g/mol. The molecule has 1 fully saturated rings. The summed E-state index contributed by atoms with van der Waals surface area (Å²) in [5.41, 5.74) is 0. The predicted octanol–water partition coefficient (Wildman–Crippen LogP) is 0.794. The Morgan fingerprint density at radius 3 is 3.00 bits per heavy atom. The van der Waals surface area contributed by atoms with E-state index in [1.54, 1.807) is 0 Å². The quantitative estimate of drug-likeness (QED) is 0.599. The molecule has 2 heteroatoms. The molecule has 0 aromatic heterocycles. The summed E-state index contributed by atoms with van der Waals surface area (Å²) in [6.45, 7) is 3.60. The zero-order valence-corrected chi connectivity index (χ0v) is 5.84. The van der Waals surface area contributed by atoms with Crippen LogP contribution in [0.5, 0.6) is 0 Å². The van der Waals surface area contributed by atoms with Gasteiger partial charge < -0.3 is 9.84 Å². The highest BCUT2D eigenvalue weighted by atomic mass is 16.5. The van der Waals surface area contributed by atoms with Crippen molar-refractivity contribution in [1.29, 1.82) is 0 Å². The van der Waals surface area contributed by atoms with Crippen molar-refractivity contribution in [2.45, 2.75) is 25.9 Å². The average molecular weight is 130 g/mol. The highest BCUT2D eigenvalue weighted by molar-refractivity contribution is 4.70. The molecule has 0 aliphatic carbocycles. The molecule has 1 rings (SSSR count). The summed E-state index contributed by atoms with van der Waals surface area (Å²) in [5, 5.41) is 9.28. The molecule has 0 spiro atoms. The lowest BCUT2D eigenvalue weighted by molar-refractivity contribution is 0.0887. The SMILES string of the molecule is CCC(O)C1CCOC1. The van der Waals surface area contributed by atoms with Gasteiger partial charge in [0.25, 0.3) is 0 Å². The molecule has 0 saturated carbocycles. The monoisotopic (exact) mass is 130 g/mol. The maximum absolute atomic E-state index is 9.28. The molecule has 54 valence electrons. The summed E-state index contributed by atoms with van der Waals surface area (Å²) in [7, 11) is 0. The van der Waals surface area contributed by atoms with Gasteiger partial charge in [0.1, 0.15) is 0 Å². The van der Waals surface area contributed by atoms with Crippen molar-refractivity contribution in [3.05, 3.63) is 0 Å². The van der Waals surface area contributed by atoms with E-state index in [0.29, 0.717) is 5.92 Å². The number of aliphatic hydroxyl groups is 1. The molecule has 2 unspecified atom stereocenters. The van der Waals surface area contributed by atoms with Crippen LogP contribution in [0.1, 0.15) is 19.8 Å². The second-order valence-corrected chi connectivity index (χ2v) is 2.60. The Bertz CT molecular complexity index is 77.0. The van der Waals surface area contributed by atoms with Gasteiger partial charge >= 0.3 is 0 Å². The minimum absolute atomic E-state index is 0.132. The van der Waals surface area contributed by atoms with Crippen molar-refractivity contribution in [3.63, 3.8) is 0 Å². The van der Waals surface area contributed by atoms with E-state index in [0.717, 1.165) is 26.1 Å². The van der Waals surface area contributed by atoms with Crippen molar-refractivity contribution in [3.8, 4) is 0 Å². The Morgan fingerprint density at radius 1 is 1.78 bits per heavy atom. The van der Waals surface area contributed by atoms with Crippen molar-refractivity contribution >= 4 is 0 Å². The van der Waals surface area contributed by atoms with Gasteiger partial charge in [-0.15, -0.1) is 0 Å². The number of rotatable bonds is 2. The standard InChI is InChI=1S/C7H14O2/c1-2-7(8)6-3-4-9-5-6/h6-8H,2-5H2,1H3. The van der Waals surface area contributed by atoms with Crippen LogP contribution in [0.25, 0.3) is 0 Å². The molecule has 1 N–H and O–H groups in total. The second-order valence-electron chi connectivity index (χ2n) is 2.60. The Morgan fingerprint density at radius 2 is 2.56 bits per heavy atom. The smallest absolute Gasteiger partial charge is 0.0588 e. The van der Waals surface area contributed by atoms with Crippen LogP contribution in [0.4, 0.5) is 0 Å². The molecule has 1 aliphatic rings. The van der Waals surface area contributed by atoms with Gasteiger partial charge in [-0.1, -0.05) is 6.92 Å². The fourth-order valence-corrected chi connectivity index (χ4v) is 1.19. The number of hydrogen-bond acceptors (Lipinski definition) is 2. The van der Waals surface area contributed by atoms with E-state index in [-0.39, 0.29) is 6.10 Å². The van der Waals surface area contributed by atoms with Gasteiger partial charge in [-0.25, -0.2) is 0 Å². The average Bonchev–Trinajstić information content (AvgIpc) is 2.37. The topological polar surface area (TPSA) is 29.5 Å². The van der Waals surface area contributed by atoms with Gasteiger partial charge in [0, 0.05) is 12.5 Å². The first-order chi connectivity index (χ1) is 4.34. The largest absolute Gasteiger partial charge is 0.393 e. The fourth-order valence-electron chi connectivity index (χ4n) is 1.19. The highest BCUT2D eigenvalue weighted by Gasteiger charge is 2.21. The van der Waals surface area contributed by atoms with Crippen molar-refractivity contribution in [2.24, 2.45) is 5.92 Å². The molecule has 0 amide bonds. The van der Waals surface area contributed by atoms with Crippen LogP contribution in [0.2, 0.25) is 0 Å². The molecule has 2 nitrogen and oxygen atoms in total. The maximum atomic E-state index is 9.28. The van der Waals surface area contributed by atoms with E-state index >= 15 is 0 Å². The van der Waals surface area contributed by atoms with Crippen LogP contribution in [0, 0.1) is 5.92 Å². The lowest BCUT2D eigenvalue weighted by Crippen LogP contribution is -2.18. The Balaban J connectivity index is 2.24. The van der Waals surface area contributed by atoms with Crippen LogP contribution < -0.4 is 0 Å². The summed E-state index contributed by atoms with van der Waals surface area (Å²) in [6, 6.07) is 0. The predicted molar refractivity (Wildman–Crippen MR) is 35.2 cm³/mol. The van der Waals surface area contributed by atoms with E-state index in [4.69, 9.17) is 4.74 Å². The molecule has 0 aromatic rings. The van der Waals surface area contributed by atoms with E-state index in [1.165, 1.54) is 0 Å². The van der Waals surface area contributed by atoms with Gasteiger partial charge in [0.2, 0.25) is 0 Å². The lowest BCUT2D eigenvalue weighted by Gasteiger charge is -2.12. The first-order valence-electron chi connectivity index (χ1n) is 3.60. The lowest BCUT2D eigenvalue weighted by atomic mass is 10.0. The van der Waals surface area contributed by atoms with Gasteiger partial charge in [-0.3, -0.25) is 0 Å². The van der Waals surface area contributed by atoms with E-state index in [9.17, 15) is 5.11 Å². The fraction of sp³-hybridized carbons (Fsp3) is 1.00. The first kappa shape index (κ1) is 7.03. The normalized spacial score (nSPS) is 30.7. The van der Waals surface area contributed by atoms with Crippen molar-refractivity contribution in [1.82, 2.24) is 0 Å². The molecule has 2 atom stereocenters. The van der Waals surface area contributed by atoms with Crippen molar-refractivity contribution < 1.29 is 9.84 Å². The highest BCUT2D eigenvalue weighted by Crippen LogP contribution is 2.17. The first-order valence-corrected chi connectivity index (χ1v) is 3.60. The Kier molecular flexibility index (Phi) is 2.49. The third-order valence-corrected chi connectivity index (χ3v) is 1.93. The van der Waals surface area contributed by atoms with Crippen LogP contribution in [-0.4, -0.2) is 24.4 Å². The molecule has 0 radical (unpaired) electrons. The van der Waals surface area contributed by atoms with Gasteiger partial charge in [-0.2, -0.15) is 0 Å². The third kappa shape index (κ3) is 1.66. The molecule has 1 aliphatic heterocycles. The minimum atomic E-state index is -0.132. The van der Waals surface area contributed by atoms with Crippen molar-refractivity contribution in [2.75, 3.05) is 13.2 Å². The zero-order chi connectivity index (χ0) is 6.69. The maximum Gasteiger partial charge on any atom is 0.0588 e. The Labute approximate surface area is 55.8 Å². The van der Waals surface area contributed by atoms with E-state index in [2.05, 4.69) is 0 Å². The minimum Gasteiger partial charge on any atom is -0.393 e. The molecular formula is C7H14O2. The third-order valence-electron chi connectivity index (χ3n) is 1.93. The summed E-state index contributed by atoms with van der Waals surface area (Å²) in [6.07, 6.45) is 1.76. The number of ether oxygens (including phenoxy) is 1. The Hall–Kier alpha value is -0.0800. The summed E-state index contributed by atoms with van der Waals surface area (Å²) in [5.74, 6) is 0.412. The second kappa shape index (κ2) is 3.18. The molecule has 1 saturated heterocycles. The summed E-state index contributed by atoms with van der Waals surface area (Å²) in [4.78, 5) is 0. The van der Waals surface area contributed by atoms with E-state index < -0.39 is 0 Å². The molecule has 0 aromatic carbocycles. The van der Waals surface area contributed by atoms with Gasteiger partial charge in [-0.05, 0) is 12.8 Å².